The third-order valence-corrected chi connectivity index (χ3v) is 3.06. The lowest BCUT2D eigenvalue weighted by molar-refractivity contribution is -0.139. The molecule has 1 rings (SSSR count). The second-order valence-corrected chi connectivity index (χ2v) is 4.95. The van der Waals surface area contributed by atoms with Gasteiger partial charge in [0.15, 0.2) is 0 Å². The molecule has 15 heavy (non-hydrogen) atoms. The van der Waals surface area contributed by atoms with Gasteiger partial charge in [-0.15, -0.1) is 11.3 Å². The predicted molar refractivity (Wildman–Crippen MR) is 60.5 cm³/mol. The fourth-order valence-electron chi connectivity index (χ4n) is 0.871. The molecule has 1 heterocycles. The zero-order chi connectivity index (χ0) is 11.3. The third-order valence-electron chi connectivity index (χ3n) is 1.51. The van der Waals surface area contributed by atoms with Crippen LogP contribution in [0.3, 0.4) is 0 Å². The Kier molecular flexibility index (Phi) is 4.77. The van der Waals surface area contributed by atoms with Crippen LogP contribution in [0, 0.1) is 0 Å². The van der Waals surface area contributed by atoms with Gasteiger partial charge in [-0.25, -0.2) is 10.6 Å². The first kappa shape index (κ1) is 12.2. The van der Waals surface area contributed by atoms with E-state index in [4.69, 9.17) is 0 Å². The Bertz CT molecular complexity index is 365. The van der Waals surface area contributed by atoms with Crippen molar-refractivity contribution >= 4 is 39.1 Å². The van der Waals surface area contributed by atoms with E-state index in [1.807, 2.05) is 11.4 Å². The Morgan fingerprint density at radius 3 is 2.60 bits per heavy atom. The Hall–Kier alpha value is -0.880. The first-order valence-corrected chi connectivity index (χ1v) is 5.97. The molecule has 0 aliphatic heterocycles. The number of carbonyl (C=O) groups excluding carboxylic acids is 2. The van der Waals surface area contributed by atoms with Crippen LogP contribution in [0.4, 0.5) is 0 Å². The van der Waals surface area contributed by atoms with Crippen molar-refractivity contribution in [2.45, 2.75) is 13.5 Å². The van der Waals surface area contributed by atoms with Gasteiger partial charge in [-0.2, -0.15) is 0 Å². The van der Waals surface area contributed by atoms with E-state index in [2.05, 4.69) is 26.6 Å². The summed E-state index contributed by atoms with van der Waals surface area (Å²) < 4.78 is 0.977. The Balaban J connectivity index is 2.37. The van der Waals surface area contributed by atoms with Crippen molar-refractivity contribution in [2.75, 3.05) is 6.54 Å². The molecule has 0 saturated heterocycles. The van der Waals surface area contributed by atoms with Crippen molar-refractivity contribution in [3.8, 4) is 0 Å². The van der Waals surface area contributed by atoms with E-state index in [9.17, 15) is 9.59 Å². The minimum Gasteiger partial charge on any atom is -0.261 e. The average Bonchev–Trinajstić information content (AvgIpc) is 2.61. The predicted octanol–water partition coefficient (Wildman–Crippen LogP) is 1.29. The van der Waals surface area contributed by atoms with Gasteiger partial charge in [0.05, 0.1) is 10.3 Å². The van der Waals surface area contributed by atoms with Crippen molar-refractivity contribution in [3.63, 3.8) is 0 Å². The minimum atomic E-state index is -0.779. The van der Waals surface area contributed by atoms with Crippen LogP contribution in [0.25, 0.3) is 0 Å². The normalized spacial score (nSPS) is 9.73. The smallest absolute Gasteiger partial charge is 0.261 e. The standard InChI is InChI=1S/C9H9BrN2O2S/c1-2-11-8(13)9(14)12-4-6-3-7(10)15-5-6/h3,5H,2,4H2,1H3. The Morgan fingerprint density at radius 1 is 1.40 bits per heavy atom. The monoisotopic (exact) mass is 288 g/mol. The molecule has 0 aromatic carbocycles. The van der Waals surface area contributed by atoms with Crippen molar-refractivity contribution in [3.05, 3.63) is 20.8 Å². The molecule has 0 aliphatic rings. The number of halogens is 1. The number of rotatable bonds is 3. The summed E-state index contributed by atoms with van der Waals surface area (Å²) >= 11 is 4.81. The van der Waals surface area contributed by atoms with Crippen LogP contribution in [0.5, 0.6) is 0 Å². The van der Waals surface area contributed by atoms with Gasteiger partial charge in [-0.1, -0.05) is 0 Å². The maximum Gasteiger partial charge on any atom is 0.332 e. The van der Waals surface area contributed by atoms with Crippen LogP contribution in [-0.4, -0.2) is 18.4 Å². The second-order valence-electron chi connectivity index (χ2n) is 2.66. The molecule has 2 amide bonds. The zero-order valence-corrected chi connectivity index (χ0v) is 10.5. The summed E-state index contributed by atoms with van der Waals surface area (Å²) in [6, 6.07) is 1.86. The van der Waals surface area contributed by atoms with Crippen LogP contribution in [0.1, 0.15) is 12.5 Å². The average molecular weight is 289 g/mol. The quantitative estimate of drug-likeness (QED) is 0.787. The lowest BCUT2D eigenvalue weighted by Crippen LogP contribution is -2.31. The maximum absolute atomic E-state index is 11.1. The molecular weight excluding hydrogens is 280 g/mol. The highest BCUT2D eigenvalue weighted by atomic mass is 79.9. The molecule has 4 nitrogen and oxygen atoms in total. The van der Waals surface area contributed by atoms with Gasteiger partial charge in [0.2, 0.25) is 0 Å². The van der Waals surface area contributed by atoms with Crippen molar-refractivity contribution in [1.29, 1.82) is 0 Å². The molecule has 0 fully saturated rings. The summed E-state index contributed by atoms with van der Waals surface area (Å²) in [6.07, 6.45) is 0. The lowest BCUT2D eigenvalue weighted by atomic mass is 10.3. The summed E-state index contributed by atoms with van der Waals surface area (Å²) in [7, 11) is 0. The summed E-state index contributed by atoms with van der Waals surface area (Å²) in [5.41, 5.74) is 0.907. The third kappa shape index (κ3) is 4.01. The highest BCUT2D eigenvalue weighted by Gasteiger charge is 2.14. The van der Waals surface area contributed by atoms with E-state index in [1.165, 1.54) is 11.3 Å². The molecule has 0 spiro atoms. The van der Waals surface area contributed by atoms with Crippen LogP contribution >= 0.6 is 27.3 Å². The molecule has 0 N–H and O–H groups in total. The maximum atomic E-state index is 11.1. The molecule has 80 valence electrons. The van der Waals surface area contributed by atoms with E-state index in [1.54, 1.807) is 6.92 Å². The number of hydrogen-bond donors (Lipinski definition) is 0. The molecule has 6 heteroatoms. The molecule has 0 aliphatic carbocycles. The first-order chi connectivity index (χ1) is 7.13. The number of carbonyl (C=O) groups is 2. The van der Waals surface area contributed by atoms with Crippen LogP contribution < -0.4 is 10.6 Å². The van der Waals surface area contributed by atoms with Crippen LogP contribution in [0.15, 0.2) is 15.2 Å². The van der Waals surface area contributed by atoms with Crippen molar-refractivity contribution < 1.29 is 9.59 Å². The molecule has 1 aromatic rings. The molecule has 0 bridgehead atoms. The summed E-state index contributed by atoms with van der Waals surface area (Å²) in [6.45, 7) is 2.23. The highest BCUT2D eigenvalue weighted by molar-refractivity contribution is 9.11. The van der Waals surface area contributed by atoms with Gasteiger partial charge in [0.25, 0.3) is 0 Å². The molecule has 2 radical (unpaired) electrons. The first-order valence-electron chi connectivity index (χ1n) is 4.29. The Morgan fingerprint density at radius 2 is 2.07 bits per heavy atom. The SMILES string of the molecule is CC[N]C(=O)C(=O)[N]Cc1csc(Br)c1. The molecule has 0 unspecified atom stereocenters. The van der Waals surface area contributed by atoms with Gasteiger partial charge < -0.3 is 0 Å². The minimum absolute atomic E-state index is 0.228. The number of hydrogen-bond acceptors (Lipinski definition) is 3. The second kappa shape index (κ2) is 5.87. The van der Waals surface area contributed by atoms with E-state index in [0.29, 0.717) is 6.54 Å². The van der Waals surface area contributed by atoms with Gasteiger partial charge in [-0.05, 0) is 39.9 Å². The summed E-state index contributed by atoms with van der Waals surface area (Å²) in [4.78, 5) is 22.0. The largest absolute Gasteiger partial charge is 0.332 e. The zero-order valence-electron chi connectivity index (χ0n) is 8.07. The van der Waals surface area contributed by atoms with E-state index >= 15 is 0 Å². The summed E-state index contributed by atoms with van der Waals surface area (Å²) in [5, 5.41) is 8.96. The van der Waals surface area contributed by atoms with E-state index < -0.39 is 11.8 Å². The van der Waals surface area contributed by atoms with Gasteiger partial charge in [0.1, 0.15) is 0 Å². The number of likely N-dealkylation sites (N-methyl/N-ethyl adjacent to an activating group) is 1. The molecule has 1 aromatic heterocycles. The summed E-state index contributed by atoms with van der Waals surface area (Å²) in [5.74, 6) is -1.55. The van der Waals surface area contributed by atoms with Crippen molar-refractivity contribution in [2.24, 2.45) is 0 Å². The molecule has 0 saturated carbocycles. The fourth-order valence-corrected chi connectivity index (χ4v) is 2.07. The fraction of sp³-hybridized carbons (Fsp3) is 0.333. The molecular formula is C9H9BrN2O2S. The van der Waals surface area contributed by atoms with Gasteiger partial charge in [-0.3, -0.25) is 9.59 Å². The number of nitrogens with zero attached hydrogens (tertiary/aromatic N) is 2. The van der Waals surface area contributed by atoms with Crippen LogP contribution in [-0.2, 0) is 16.1 Å². The van der Waals surface area contributed by atoms with Crippen molar-refractivity contribution in [1.82, 2.24) is 10.6 Å². The molecule has 0 atom stereocenters. The Labute approximate surface area is 100 Å². The number of thiophene rings is 1. The number of amides is 2. The van der Waals surface area contributed by atoms with Gasteiger partial charge >= 0.3 is 11.8 Å². The van der Waals surface area contributed by atoms with E-state index in [0.717, 1.165) is 9.35 Å². The van der Waals surface area contributed by atoms with E-state index in [-0.39, 0.29) is 6.54 Å². The highest BCUT2D eigenvalue weighted by Crippen LogP contribution is 2.20. The van der Waals surface area contributed by atoms with Gasteiger partial charge in [0, 0.05) is 6.54 Å². The van der Waals surface area contributed by atoms with Crippen LogP contribution in [0.2, 0.25) is 0 Å². The lowest BCUT2D eigenvalue weighted by Gasteiger charge is -1.98. The topological polar surface area (TPSA) is 62.3 Å².